The van der Waals surface area contributed by atoms with E-state index >= 15 is 0 Å². The average Bonchev–Trinajstić information content (AvgIpc) is 2.68. The Morgan fingerprint density at radius 1 is 1.10 bits per heavy atom. The molecule has 0 unspecified atom stereocenters. The van der Waals surface area contributed by atoms with Crippen LogP contribution in [0.25, 0.3) is 0 Å². The summed E-state index contributed by atoms with van der Waals surface area (Å²) in [6, 6.07) is 3.84. The van der Waals surface area contributed by atoms with Gasteiger partial charge in [0, 0.05) is 20.0 Å². The van der Waals surface area contributed by atoms with Crippen molar-refractivity contribution in [2.45, 2.75) is 38.5 Å². The fraction of sp³-hybridized carbons (Fsp3) is 0.533. The van der Waals surface area contributed by atoms with Crippen LogP contribution in [-0.2, 0) is 4.79 Å². The molecule has 0 aliphatic heterocycles. The Morgan fingerprint density at radius 2 is 1.62 bits per heavy atom. The monoisotopic (exact) mass is 480 g/mol. The van der Waals surface area contributed by atoms with Crippen LogP contribution in [0.2, 0.25) is 0 Å². The molecule has 3 N–H and O–H groups in total. The number of carbonyl (C=O) groups excluding carboxylic acids is 1. The SMILES string of the molecule is NCC1(C(=O)Nc2c(Br)cc(Br)cc2Br)CCCCCC1. The quantitative estimate of drug-likeness (QED) is 0.581. The molecule has 0 heterocycles. The molecule has 0 saturated heterocycles. The van der Waals surface area contributed by atoms with Crippen molar-refractivity contribution in [3.05, 3.63) is 25.6 Å². The van der Waals surface area contributed by atoms with Crippen molar-refractivity contribution in [2.24, 2.45) is 11.1 Å². The molecular weight excluding hydrogens is 464 g/mol. The van der Waals surface area contributed by atoms with Crippen LogP contribution in [0.4, 0.5) is 5.69 Å². The highest BCUT2D eigenvalue weighted by Crippen LogP contribution is 2.39. The lowest BCUT2D eigenvalue weighted by Gasteiger charge is -2.30. The number of amides is 1. The maximum absolute atomic E-state index is 12.8. The summed E-state index contributed by atoms with van der Waals surface area (Å²) < 4.78 is 2.64. The molecule has 116 valence electrons. The van der Waals surface area contributed by atoms with Crippen molar-refractivity contribution in [2.75, 3.05) is 11.9 Å². The third-order valence-electron chi connectivity index (χ3n) is 4.18. The Hall–Kier alpha value is 0.0900. The van der Waals surface area contributed by atoms with E-state index in [0.717, 1.165) is 44.8 Å². The molecule has 0 radical (unpaired) electrons. The lowest BCUT2D eigenvalue weighted by Crippen LogP contribution is -2.42. The van der Waals surface area contributed by atoms with Gasteiger partial charge in [-0.25, -0.2) is 0 Å². The fourth-order valence-electron chi connectivity index (χ4n) is 2.84. The summed E-state index contributed by atoms with van der Waals surface area (Å²) in [6.07, 6.45) is 6.30. The predicted octanol–water partition coefficient (Wildman–Crippen LogP) is 5.21. The average molecular weight is 483 g/mol. The van der Waals surface area contributed by atoms with Crippen molar-refractivity contribution in [3.63, 3.8) is 0 Å². The van der Waals surface area contributed by atoms with Gasteiger partial charge in [-0.3, -0.25) is 4.79 Å². The summed E-state index contributed by atoms with van der Waals surface area (Å²) in [4.78, 5) is 12.8. The van der Waals surface area contributed by atoms with Gasteiger partial charge in [0.1, 0.15) is 0 Å². The fourth-order valence-corrected chi connectivity index (χ4v) is 5.29. The van der Waals surface area contributed by atoms with Gasteiger partial charge in [0.15, 0.2) is 0 Å². The third-order valence-corrected chi connectivity index (χ3v) is 5.89. The van der Waals surface area contributed by atoms with Crippen molar-refractivity contribution < 1.29 is 4.79 Å². The highest BCUT2D eigenvalue weighted by molar-refractivity contribution is 9.11. The number of benzene rings is 1. The summed E-state index contributed by atoms with van der Waals surface area (Å²) in [7, 11) is 0. The molecule has 0 bridgehead atoms. The number of carbonyl (C=O) groups is 1. The molecule has 1 aromatic carbocycles. The van der Waals surface area contributed by atoms with Crippen LogP contribution in [-0.4, -0.2) is 12.5 Å². The number of anilines is 1. The second-order valence-electron chi connectivity index (χ2n) is 5.60. The second kappa shape index (κ2) is 7.57. The van der Waals surface area contributed by atoms with Gasteiger partial charge in [0.05, 0.1) is 11.1 Å². The normalized spacial score (nSPS) is 18.1. The molecule has 1 fully saturated rings. The summed E-state index contributed by atoms with van der Waals surface area (Å²) >= 11 is 10.4. The van der Waals surface area contributed by atoms with Gasteiger partial charge in [-0.1, -0.05) is 41.6 Å². The molecule has 1 aliphatic carbocycles. The molecule has 0 spiro atoms. The van der Waals surface area contributed by atoms with Crippen molar-refractivity contribution in [1.29, 1.82) is 0 Å². The first-order chi connectivity index (χ1) is 9.98. The van der Waals surface area contributed by atoms with E-state index in [4.69, 9.17) is 5.73 Å². The zero-order valence-electron chi connectivity index (χ0n) is 11.7. The van der Waals surface area contributed by atoms with E-state index in [-0.39, 0.29) is 5.91 Å². The van der Waals surface area contributed by atoms with Gasteiger partial charge in [0.25, 0.3) is 0 Å². The lowest BCUT2D eigenvalue weighted by atomic mass is 9.79. The number of nitrogens with one attached hydrogen (secondary N) is 1. The minimum Gasteiger partial charge on any atom is -0.329 e. The van der Waals surface area contributed by atoms with E-state index in [2.05, 4.69) is 53.1 Å². The Kier molecular flexibility index (Phi) is 6.29. The maximum Gasteiger partial charge on any atom is 0.231 e. The first-order valence-corrected chi connectivity index (χ1v) is 9.52. The number of hydrogen-bond donors (Lipinski definition) is 2. The van der Waals surface area contributed by atoms with Crippen molar-refractivity contribution >= 4 is 59.4 Å². The van der Waals surface area contributed by atoms with E-state index in [1.165, 1.54) is 12.8 Å². The maximum atomic E-state index is 12.8. The molecule has 3 nitrogen and oxygen atoms in total. The number of nitrogens with two attached hydrogens (primary N) is 1. The molecular formula is C15H19Br3N2O. The first-order valence-electron chi connectivity index (χ1n) is 7.14. The third kappa shape index (κ3) is 4.09. The van der Waals surface area contributed by atoms with Crippen LogP contribution in [0.5, 0.6) is 0 Å². The van der Waals surface area contributed by atoms with Crippen LogP contribution in [0.1, 0.15) is 38.5 Å². The predicted molar refractivity (Wildman–Crippen MR) is 97.4 cm³/mol. The van der Waals surface area contributed by atoms with Gasteiger partial charge in [-0.05, 0) is 56.8 Å². The summed E-state index contributed by atoms with van der Waals surface area (Å²) in [5, 5.41) is 3.06. The van der Waals surface area contributed by atoms with Crippen LogP contribution < -0.4 is 11.1 Å². The molecule has 1 saturated carbocycles. The highest BCUT2D eigenvalue weighted by Gasteiger charge is 2.37. The molecule has 6 heteroatoms. The smallest absolute Gasteiger partial charge is 0.231 e. The number of rotatable bonds is 3. The molecule has 0 atom stereocenters. The first kappa shape index (κ1) is 17.4. The van der Waals surface area contributed by atoms with E-state index in [0.29, 0.717) is 6.54 Å². The second-order valence-corrected chi connectivity index (χ2v) is 8.22. The van der Waals surface area contributed by atoms with Gasteiger partial charge in [-0.15, -0.1) is 0 Å². The summed E-state index contributed by atoms with van der Waals surface area (Å²) in [5.41, 5.74) is 6.31. The molecule has 21 heavy (non-hydrogen) atoms. The van der Waals surface area contributed by atoms with Gasteiger partial charge >= 0.3 is 0 Å². The van der Waals surface area contributed by atoms with Crippen molar-refractivity contribution in [1.82, 2.24) is 0 Å². The number of hydrogen-bond acceptors (Lipinski definition) is 2. The Labute approximate surface area is 150 Å². The lowest BCUT2D eigenvalue weighted by molar-refractivity contribution is -0.125. The van der Waals surface area contributed by atoms with E-state index in [9.17, 15) is 4.79 Å². The van der Waals surface area contributed by atoms with Gasteiger partial charge in [0.2, 0.25) is 5.91 Å². The van der Waals surface area contributed by atoms with Gasteiger partial charge in [-0.2, -0.15) is 0 Å². The topological polar surface area (TPSA) is 55.1 Å². The Morgan fingerprint density at radius 3 is 2.10 bits per heavy atom. The molecule has 1 aliphatic rings. The van der Waals surface area contributed by atoms with Crippen LogP contribution in [0, 0.1) is 5.41 Å². The van der Waals surface area contributed by atoms with Crippen LogP contribution in [0.3, 0.4) is 0 Å². The van der Waals surface area contributed by atoms with Gasteiger partial charge < -0.3 is 11.1 Å². The minimum absolute atomic E-state index is 0.0376. The molecule has 2 rings (SSSR count). The summed E-state index contributed by atoms with van der Waals surface area (Å²) in [5.74, 6) is 0.0376. The molecule has 0 aromatic heterocycles. The minimum atomic E-state index is -0.428. The Balaban J connectivity index is 2.23. The zero-order chi connectivity index (χ0) is 15.5. The van der Waals surface area contributed by atoms with Crippen LogP contribution in [0.15, 0.2) is 25.6 Å². The molecule has 1 amide bonds. The highest BCUT2D eigenvalue weighted by atomic mass is 79.9. The van der Waals surface area contributed by atoms with Crippen LogP contribution >= 0.6 is 47.8 Å². The molecule has 1 aromatic rings. The van der Waals surface area contributed by atoms with E-state index < -0.39 is 5.41 Å². The largest absolute Gasteiger partial charge is 0.329 e. The number of halogens is 3. The summed E-state index contributed by atoms with van der Waals surface area (Å²) in [6.45, 7) is 0.407. The Bertz CT molecular complexity index is 503. The zero-order valence-corrected chi connectivity index (χ0v) is 16.5. The van der Waals surface area contributed by atoms with E-state index in [1.807, 2.05) is 12.1 Å². The standard InChI is InChI=1S/C15H19Br3N2O/c16-10-7-11(17)13(12(18)8-10)20-14(21)15(9-19)5-3-1-2-4-6-15/h7-8H,1-6,9,19H2,(H,20,21). The van der Waals surface area contributed by atoms with E-state index in [1.54, 1.807) is 0 Å². The van der Waals surface area contributed by atoms with Crippen molar-refractivity contribution in [3.8, 4) is 0 Å².